The van der Waals surface area contributed by atoms with Gasteiger partial charge in [-0.05, 0) is 25.1 Å². The van der Waals surface area contributed by atoms with Crippen LogP contribution in [-0.4, -0.2) is 40.8 Å². The van der Waals surface area contributed by atoms with E-state index >= 15 is 0 Å². The van der Waals surface area contributed by atoms with E-state index in [1.165, 1.54) is 0 Å². The second-order valence-electron chi connectivity index (χ2n) is 4.17. The summed E-state index contributed by atoms with van der Waals surface area (Å²) in [5, 5.41) is 2.84. The highest BCUT2D eigenvalue weighted by atomic mass is 16.5. The molecule has 106 valence electrons. The van der Waals surface area contributed by atoms with Crippen LogP contribution < -0.4 is 19.7 Å². The Hall–Kier alpha value is -1.75. The van der Waals surface area contributed by atoms with Crippen molar-refractivity contribution in [2.24, 2.45) is 0 Å². The summed E-state index contributed by atoms with van der Waals surface area (Å²) in [5.41, 5.74) is 1.76. The SMILES string of the molecule is CCc1cc(OC)c(N(C)C(=O)CNC)cc1OC. The van der Waals surface area contributed by atoms with Crippen molar-refractivity contribution in [1.82, 2.24) is 5.32 Å². The maximum atomic E-state index is 11.9. The Balaban J connectivity index is 3.21. The van der Waals surface area contributed by atoms with Crippen molar-refractivity contribution in [2.75, 3.05) is 39.8 Å². The summed E-state index contributed by atoms with van der Waals surface area (Å²) in [6.07, 6.45) is 0.841. The van der Waals surface area contributed by atoms with Gasteiger partial charge in [0, 0.05) is 13.1 Å². The van der Waals surface area contributed by atoms with E-state index in [1.54, 1.807) is 33.2 Å². The van der Waals surface area contributed by atoms with E-state index in [9.17, 15) is 4.79 Å². The molecule has 1 aromatic carbocycles. The van der Waals surface area contributed by atoms with Crippen LogP contribution in [0.5, 0.6) is 11.5 Å². The van der Waals surface area contributed by atoms with Crippen LogP contribution in [0.2, 0.25) is 0 Å². The van der Waals surface area contributed by atoms with Gasteiger partial charge in [0.15, 0.2) is 0 Å². The number of rotatable bonds is 6. The van der Waals surface area contributed by atoms with Gasteiger partial charge in [0.05, 0.1) is 26.5 Å². The molecular weight excluding hydrogens is 244 g/mol. The Bertz CT molecular complexity index is 447. The minimum absolute atomic E-state index is 0.0351. The number of amides is 1. The Morgan fingerprint density at radius 1 is 1.26 bits per heavy atom. The van der Waals surface area contributed by atoms with Crippen LogP contribution >= 0.6 is 0 Å². The molecule has 1 rings (SSSR count). The lowest BCUT2D eigenvalue weighted by atomic mass is 10.1. The number of aryl methyl sites for hydroxylation is 1. The molecule has 0 heterocycles. The summed E-state index contributed by atoms with van der Waals surface area (Å²) in [4.78, 5) is 13.5. The minimum Gasteiger partial charge on any atom is -0.496 e. The standard InChI is InChI=1S/C14H22N2O3/c1-6-10-7-13(19-5)11(8-12(10)18-4)16(3)14(17)9-15-2/h7-8,15H,6,9H2,1-5H3. The average molecular weight is 266 g/mol. The molecule has 0 atom stereocenters. The van der Waals surface area contributed by atoms with Crippen LogP contribution in [0.1, 0.15) is 12.5 Å². The summed E-state index contributed by atoms with van der Waals surface area (Å²) in [5.74, 6) is 1.40. The van der Waals surface area contributed by atoms with E-state index in [1.807, 2.05) is 19.1 Å². The molecule has 0 saturated carbocycles. The van der Waals surface area contributed by atoms with E-state index in [4.69, 9.17) is 9.47 Å². The van der Waals surface area contributed by atoms with Gasteiger partial charge in [-0.2, -0.15) is 0 Å². The molecule has 1 N–H and O–H groups in total. The van der Waals surface area contributed by atoms with Crippen molar-refractivity contribution in [2.45, 2.75) is 13.3 Å². The van der Waals surface area contributed by atoms with Crippen molar-refractivity contribution in [3.8, 4) is 11.5 Å². The first-order valence-corrected chi connectivity index (χ1v) is 6.25. The molecule has 5 heteroatoms. The lowest BCUT2D eigenvalue weighted by Gasteiger charge is -2.22. The molecule has 5 nitrogen and oxygen atoms in total. The molecule has 0 aromatic heterocycles. The number of methoxy groups -OCH3 is 2. The predicted octanol–water partition coefficient (Wildman–Crippen LogP) is 1.45. The monoisotopic (exact) mass is 266 g/mol. The van der Waals surface area contributed by atoms with Crippen LogP contribution in [0, 0.1) is 0 Å². The molecule has 0 aliphatic heterocycles. The molecule has 0 aliphatic carbocycles. The number of nitrogens with zero attached hydrogens (tertiary/aromatic N) is 1. The molecule has 0 aliphatic rings. The Morgan fingerprint density at radius 3 is 2.37 bits per heavy atom. The van der Waals surface area contributed by atoms with Crippen LogP contribution in [0.15, 0.2) is 12.1 Å². The maximum absolute atomic E-state index is 11.9. The lowest BCUT2D eigenvalue weighted by Crippen LogP contribution is -2.34. The zero-order valence-corrected chi connectivity index (χ0v) is 12.2. The smallest absolute Gasteiger partial charge is 0.240 e. The zero-order chi connectivity index (χ0) is 14.4. The highest BCUT2D eigenvalue weighted by molar-refractivity contribution is 5.96. The Labute approximate surface area is 114 Å². The highest BCUT2D eigenvalue weighted by Gasteiger charge is 2.17. The van der Waals surface area contributed by atoms with Crippen molar-refractivity contribution in [1.29, 1.82) is 0 Å². The van der Waals surface area contributed by atoms with Gasteiger partial charge in [0.1, 0.15) is 11.5 Å². The third kappa shape index (κ3) is 3.38. The second kappa shape index (κ2) is 6.99. The van der Waals surface area contributed by atoms with Gasteiger partial charge < -0.3 is 19.7 Å². The summed E-state index contributed by atoms with van der Waals surface area (Å²) in [6, 6.07) is 3.75. The van der Waals surface area contributed by atoms with Gasteiger partial charge in [0.25, 0.3) is 0 Å². The fraction of sp³-hybridized carbons (Fsp3) is 0.500. The first-order chi connectivity index (χ1) is 9.08. The number of carbonyl (C=O) groups is 1. The summed E-state index contributed by atoms with van der Waals surface area (Å²) in [6.45, 7) is 2.32. The third-order valence-corrected chi connectivity index (χ3v) is 3.03. The topological polar surface area (TPSA) is 50.8 Å². The number of nitrogens with one attached hydrogen (secondary N) is 1. The summed E-state index contributed by atoms with van der Waals surface area (Å²) in [7, 11) is 6.69. The first-order valence-electron chi connectivity index (χ1n) is 6.25. The maximum Gasteiger partial charge on any atom is 0.240 e. The van der Waals surface area contributed by atoms with Crippen LogP contribution in [-0.2, 0) is 11.2 Å². The second-order valence-corrected chi connectivity index (χ2v) is 4.17. The number of anilines is 1. The normalized spacial score (nSPS) is 10.2. The number of ether oxygens (including phenoxy) is 2. The average Bonchev–Trinajstić information content (AvgIpc) is 2.45. The van der Waals surface area contributed by atoms with E-state index in [0.29, 0.717) is 11.4 Å². The largest absolute Gasteiger partial charge is 0.496 e. The number of hydrogen-bond donors (Lipinski definition) is 1. The molecule has 0 unspecified atom stereocenters. The van der Waals surface area contributed by atoms with Gasteiger partial charge in [-0.3, -0.25) is 4.79 Å². The van der Waals surface area contributed by atoms with Crippen LogP contribution in [0.3, 0.4) is 0 Å². The number of likely N-dealkylation sites (N-methyl/N-ethyl adjacent to an activating group) is 2. The van der Waals surface area contributed by atoms with E-state index < -0.39 is 0 Å². The molecular formula is C14H22N2O3. The molecule has 0 radical (unpaired) electrons. The van der Waals surface area contributed by atoms with Crippen molar-refractivity contribution < 1.29 is 14.3 Å². The van der Waals surface area contributed by atoms with Crippen LogP contribution in [0.25, 0.3) is 0 Å². The fourth-order valence-corrected chi connectivity index (χ4v) is 1.89. The van der Waals surface area contributed by atoms with Crippen molar-refractivity contribution in [3.05, 3.63) is 17.7 Å². The number of carbonyl (C=O) groups excluding carboxylic acids is 1. The third-order valence-electron chi connectivity index (χ3n) is 3.03. The first kappa shape index (κ1) is 15.3. The minimum atomic E-state index is -0.0351. The summed E-state index contributed by atoms with van der Waals surface area (Å²) >= 11 is 0. The predicted molar refractivity (Wildman–Crippen MR) is 76.3 cm³/mol. The lowest BCUT2D eigenvalue weighted by molar-refractivity contribution is -0.117. The highest BCUT2D eigenvalue weighted by Crippen LogP contribution is 2.35. The molecule has 0 fully saturated rings. The molecule has 1 aromatic rings. The summed E-state index contributed by atoms with van der Waals surface area (Å²) < 4.78 is 10.7. The molecule has 1 amide bonds. The van der Waals surface area contributed by atoms with Gasteiger partial charge in [-0.25, -0.2) is 0 Å². The molecule has 0 spiro atoms. The van der Waals surface area contributed by atoms with Crippen LogP contribution in [0.4, 0.5) is 5.69 Å². The van der Waals surface area contributed by atoms with E-state index in [-0.39, 0.29) is 12.5 Å². The molecule has 0 bridgehead atoms. The Morgan fingerprint density at radius 2 is 1.89 bits per heavy atom. The fourth-order valence-electron chi connectivity index (χ4n) is 1.89. The van der Waals surface area contributed by atoms with Gasteiger partial charge >= 0.3 is 0 Å². The van der Waals surface area contributed by atoms with Gasteiger partial charge in [-0.15, -0.1) is 0 Å². The Kier molecular flexibility index (Phi) is 5.63. The van der Waals surface area contributed by atoms with E-state index in [2.05, 4.69) is 5.32 Å². The van der Waals surface area contributed by atoms with Gasteiger partial charge in [-0.1, -0.05) is 6.92 Å². The van der Waals surface area contributed by atoms with Crippen molar-refractivity contribution >= 4 is 11.6 Å². The molecule has 0 saturated heterocycles. The van der Waals surface area contributed by atoms with E-state index in [0.717, 1.165) is 17.7 Å². The zero-order valence-electron chi connectivity index (χ0n) is 12.2. The van der Waals surface area contributed by atoms with Crippen molar-refractivity contribution in [3.63, 3.8) is 0 Å². The number of hydrogen-bond acceptors (Lipinski definition) is 4. The molecule has 19 heavy (non-hydrogen) atoms. The van der Waals surface area contributed by atoms with Gasteiger partial charge in [0.2, 0.25) is 5.91 Å². The quantitative estimate of drug-likeness (QED) is 0.846. The number of benzene rings is 1.